The van der Waals surface area contributed by atoms with Crippen LogP contribution in [0.3, 0.4) is 0 Å². The molecule has 1 heterocycles. The lowest BCUT2D eigenvalue weighted by Crippen LogP contribution is -2.54. The predicted octanol–water partition coefficient (Wildman–Crippen LogP) is 2.32. The summed E-state index contributed by atoms with van der Waals surface area (Å²) in [5.74, 6) is 0.987. The van der Waals surface area contributed by atoms with Crippen molar-refractivity contribution in [1.82, 2.24) is 5.32 Å². The van der Waals surface area contributed by atoms with E-state index in [0.717, 1.165) is 5.92 Å². The molecule has 2 rings (SSSR count). The average Bonchev–Trinajstić information content (AvgIpc) is 2.12. The van der Waals surface area contributed by atoms with Crippen molar-refractivity contribution in [3.63, 3.8) is 0 Å². The first-order chi connectivity index (χ1) is 5.31. The van der Waals surface area contributed by atoms with Gasteiger partial charge in [0.15, 0.2) is 0 Å². The summed E-state index contributed by atoms with van der Waals surface area (Å²) in [5, 5.41) is 3.72. The van der Waals surface area contributed by atoms with E-state index in [1.54, 1.807) is 0 Å². The second-order valence-corrected chi connectivity index (χ2v) is 4.53. The largest absolute Gasteiger partial charge is 0.311 e. The molecule has 0 atom stereocenters. The van der Waals surface area contributed by atoms with E-state index in [9.17, 15) is 0 Å². The van der Waals surface area contributed by atoms with E-state index >= 15 is 0 Å². The summed E-state index contributed by atoms with van der Waals surface area (Å²) < 4.78 is 0. The minimum absolute atomic E-state index is 0.607. The first-order valence-corrected chi connectivity index (χ1v) is 5.06. The van der Waals surface area contributed by atoms with Crippen LogP contribution in [-0.4, -0.2) is 12.1 Å². The molecule has 0 aromatic rings. The Hall–Kier alpha value is -0.0400. The molecular formula is C10H19N. The van der Waals surface area contributed by atoms with Gasteiger partial charge < -0.3 is 5.32 Å². The molecule has 0 aromatic heterocycles. The Balaban J connectivity index is 1.91. The third-order valence-electron chi connectivity index (χ3n) is 3.31. The maximum absolute atomic E-state index is 3.72. The molecule has 1 aliphatic heterocycles. The van der Waals surface area contributed by atoms with Crippen LogP contribution in [0.15, 0.2) is 0 Å². The monoisotopic (exact) mass is 153 g/mol. The molecule has 0 aromatic carbocycles. The van der Waals surface area contributed by atoms with E-state index < -0.39 is 0 Å². The van der Waals surface area contributed by atoms with Crippen molar-refractivity contribution in [2.45, 2.75) is 51.0 Å². The first kappa shape index (κ1) is 7.60. The highest BCUT2D eigenvalue weighted by atomic mass is 15.0. The molecule has 2 fully saturated rings. The molecule has 0 bridgehead atoms. The van der Waals surface area contributed by atoms with Crippen LogP contribution in [0.1, 0.15) is 45.4 Å². The molecule has 1 nitrogen and oxygen atoms in total. The second kappa shape index (κ2) is 2.78. The molecule has 11 heavy (non-hydrogen) atoms. The van der Waals surface area contributed by atoms with Gasteiger partial charge in [-0.1, -0.05) is 19.8 Å². The van der Waals surface area contributed by atoms with Crippen molar-refractivity contribution in [1.29, 1.82) is 0 Å². The summed E-state index contributed by atoms with van der Waals surface area (Å²) in [6.45, 7) is 3.64. The third kappa shape index (κ3) is 1.44. The lowest BCUT2D eigenvalue weighted by atomic mass is 9.67. The maximum Gasteiger partial charge on any atom is 0.0186 e. The Morgan fingerprint density at radius 3 is 2.73 bits per heavy atom. The molecule has 1 heteroatoms. The Kier molecular flexibility index (Phi) is 1.92. The van der Waals surface area contributed by atoms with Gasteiger partial charge in [0.25, 0.3) is 0 Å². The standard InChI is InChI=1S/C10H19N/c1-9-7-10(8-9)5-3-2-4-6-11-10/h9,11H,2-8H2,1H3. The Morgan fingerprint density at radius 2 is 2.00 bits per heavy atom. The average molecular weight is 153 g/mol. The fourth-order valence-electron chi connectivity index (χ4n) is 2.83. The molecule has 2 aliphatic rings. The first-order valence-electron chi connectivity index (χ1n) is 5.06. The second-order valence-electron chi connectivity index (χ2n) is 4.53. The van der Waals surface area contributed by atoms with E-state index in [-0.39, 0.29) is 0 Å². The summed E-state index contributed by atoms with van der Waals surface area (Å²) in [6, 6.07) is 0. The van der Waals surface area contributed by atoms with Crippen LogP contribution in [0.5, 0.6) is 0 Å². The fourth-order valence-corrected chi connectivity index (χ4v) is 2.83. The van der Waals surface area contributed by atoms with Gasteiger partial charge >= 0.3 is 0 Å². The van der Waals surface area contributed by atoms with Gasteiger partial charge in [-0.2, -0.15) is 0 Å². The minimum Gasteiger partial charge on any atom is -0.311 e. The van der Waals surface area contributed by atoms with Gasteiger partial charge in [0, 0.05) is 5.54 Å². The van der Waals surface area contributed by atoms with Crippen molar-refractivity contribution in [3.8, 4) is 0 Å². The van der Waals surface area contributed by atoms with Gasteiger partial charge in [-0.05, 0) is 38.1 Å². The number of hydrogen-bond acceptors (Lipinski definition) is 1. The zero-order chi connectivity index (χ0) is 7.73. The van der Waals surface area contributed by atoms with Crippen LogP contribution in [0, 0.1) is 5.92 Å². The molecular weight excluding hydrogens is 134 g/mol. The van der Waals surface area contributed by atoms with Crippen molar-refractivity contribution in [3.05, 3.63) is 0 Å². The molecule has 1 spiro atoms. The highest BCUT2D eigenvalue weighted by Gasteiger charge is 2.41. The Labute approximate surface area is 69.6 Å². The van der Waals surface area contributed by atoms with Gasteiger partial charge in [0.2, 0.25) is 0 Å². The van der Waals surface area contributed by atoms with E-state index in [4.69, 9.17) is 0 Å². The van der Waals surface area contributed by atoms with Gasteiger partial charge in [-0.25, -0.2) is 0 Å². The summed E-state index contributed by atoms with van der Waals surface area (Å²) in [5.41, 5.74) is 0.607. The maximum atomic E-state index is 3.72. The topological polar surface area (TPSA) is 12.0 Å². The smallest absolute Gasteiger partial charge is 0.0186 e. The number of nitrogens with one attached hydrogen (secondary N) is 1. The van der Waals surface area contributed by atoms with E-state index in [1.807, 2.05) is 0 Å². The predicted molar refractivity (Wildman–Crippen MR) is 47.6 cm³/mol. The molecule has 1 saturated heterocycles. The van der Waals surface area contributed by atoms with Gasteiger partial charge in [0.1, 0.15) is 0 Å². The van der Waals surface area contributed by atoms with Gasteiger partial charge in [-0.15, -0.1) is 0 Å². The zero-order valence-electron chi connectivity index (χ0n) is 7.53. The van der Waals surface area contributed by atoms with E-state index in [1.165, 1.54) is 45.1 Å². The van der Waals surface area contributed by atoms with Crippen molar-refractivity contribution >= 4 is 0 Å². The van der Waals surface area contributed by atoms with Crippen molar-refractivity contribution in [2.24, 2.45) is 5.92 Å². The van der Waals surface area contributed by atoms with Crippen LogP contribution in [0.4, 0.5) is 0 Å². The number of rotatable bonds is 0. The fraction of sp³-hybridized carbons (Fsp3) is 1.00. The van der Waals surface area contributed by atoms with Crippen LogP contribution < -0.4 is 5.32 Å². The summed E-state index contributed by atoms with van der Waals surface area (Å²) in [4.78, 5) is 0. The lowest BCUT2D eigenvalue weighted by molar-refractivity contribution is 0.111. The highest BCUT2D eigenvalue weighted by Crippen LogP contribution is 2.41. The van der Waals surface area contributed by atoms with Crippen LogP contribution in [0.25, 0.3) is 0 Å². The van der Waals surface area contributed by atoms with Crippen molar-refractivity contribution in [2.75, 3.05) is 6.54 Å². The molecule has 1 aliphatic carbocycles. The molecule has 1 N–H and O–H groups in total. The molecule has 0 radical (unpaired) electrons. The summed E-state index contributed by atoms with van der Waals surface area (Å²) in [6.07, 6.45) is 8.62. The zero-order valence-corrected chi connectivity index (χ0v) is 7.53. The molecule has 0 unspecified atom stereocenters. The van der Waals surface area contributed by atoms with Gasteiger partial charge in [-0.3, -0.25) is 0 Å². The Morgan fingerprint density at radius 1 is 1.18 bits per heavy atom. The molecule has 1 saturated carbocycles. The highest BCUT2D eigenvalue weighted by molar-refractivity contribution is 5.00. The third-order valence-corrected chi connectivity index (χ3v) is 3.31. The van der Waals surface area contributed by atoms with Crippen LogP contribution in [-0.2, 0) is 0 Å². The van der Waals surface area contributed by atoms with E-state index in [2.05, 4.69) is 12.2 Å². The quantitative estimate of drug-likeness (QED) is 0.563. The van der Waals surface area contributed by atoms with Gasteiger partial charge in [0.05, 0.1) is 0 Å². The number of hydrogen-bond donors (Lipinski definition) is 1. The minimum atomic E-state index is 0.607. The summed E-state index contributed by atoms with van der Waals surface area (Å²) in [7, 11) is 0. The Bertz CT molecular complexity index is 126. The van der Waals surface area contributed by atoms with E-state index in [0.29, 0.717) is 5.54 Å². The SMILES string of the molecule is CC1CC2(CCCCCN2)C1. The summed E-state index contributed by atoms with van der Waals surface area (Å²) >= 11 is 0. The normalized spacial score (nSPS) is 45.0. The van der Waals surface area contributed by atoms with Crippen LogP contribution in [0.2, 0.25) is 0 Å². The lowest BCUT2D eigenvalue weighted by Gasteiger charge is -2.47. The molecule has 64 valence electrons. The van der Waals surface area contributed by atoms with Crippen LogP contribution >= 0.6 is 0 Å². The molecule has 0 amide bonds. The van der Waals surface area contributed by atoms with Crippen molar-refractivity contribution < 1.29 is 0 Å².